The SMILES string of the molecule is C#CCN1CCN(S(=O)(=O)CCCC(=O)O)CC1. The smallest absolute Gasteiger partial charge is 0.303 e. The summed E-state index contributed by atoms with van der Waals surface area (Å²) >= 11 is 0. The van der Waals surface area contributed by atoms with Crippen LogP contribution in [0.25, 0.3) is 0 Å². The summed E-state index contributed by atoms with van der Waals surface area (Å²) in [6, 6.07) is 0. The van der Waals surface area contributed by atoms with E-state index in [-0.39, 0.29) is 18.6 Å². The Bertz CT molecular complexity index is 419. The number of aliphatic carboxylic acids is 1. The van der Waals surface area contributed by atoms with E-state index in [4.69, 9.17) is 11.5 Å². The van der Waals surface area contributed by atoms with Gasteiger partial charge in [0, 0.05) is 32.6 Å². The third kappa shape index (κ3) is 4.64. The average molecular weight is 274 g/mol. The highest BCUT2D eigenvalue weighted by Crippen LogP contribution is 2.09. The number of carboxylic acids is 1. The van der Waals surface area contributed by atoms with E-state index in [1.807, 2.05) is 4.90 Å². The largest absolute Gasteiger partial charge is 0.481 e. The predicted molar refractivity (Wildman–Crippen MR) is 67.5 cm³/mol. The zero-order valence-electron chi connectivity index (χ0n) is 10.2. The minimum absolute atomic E-state index is 0.103. The molecule has 0 amide bonds. The molecular formula is C11H18N2O4S. The molecule has 1 saturated heterocycles. The van der Waals surface area contributed by atoms with Crippen molar-refractivity contribution in [2.75, 3.05) is 38.5 Å². The van der Waals surface area contributed by atoms with Crippen LogP contribution in [0.3, 0.4) is 0 Å². The Balaban J connectivity index is 2.41. The Morgan fingerprint density at radius 2 is 1.89 bits per heavy atom. The van der Waals surface area contributed by atoms with E-state index in [9.17, 15) is 13.2 Å². The van der Waals surface area contributed by atoms with Crippen molar-refractivity contribution in [2.24, 2.45) is 0 Å². The quantitative estimate of drug-likeness (QED) is 0.656. The minimum atomic E-state index is -3.33. The number of carbonyl (C=O) groups is 1. The van der Waals surface area contributed by atoms with Crippen LogP contribution < -0.4 is 0 Å². The van der Waals surface area contributed by atoms with Crippen molar-refractivity contribution in [1.29, 1.82) is 0 Å². The van der Waals surface area contributed by atoms with Crippen LogP contribution in [0.2, 0.25) is 0 Å². The standard InChI is InChI=1S/C11H18N2O4S/c1-2-5-12-6-8-13(9-7-12)18(16,17)10-3-4-11(14)15/h1H,3-10H2,(H,14,15). The predicted octanol–water partition coefficient (Wildman–Crippen LogP) is -0.568. The molecule has 1 N–H and O–H groups in total. The van der Waals surface area contributed by atoms with Crippen molar-refractivity contribution in [2.45, 2.75) is 12.8 Å². The van der Waals surface area contributed by atoms with E-state index in [1.54, 1.807) is 0 Å². The second kappa shape index (κ2) is 6.73. The van der Waals surface area contributed by atoms with Crippen LogP contribution in [0.1, 0.15) is 12.8 Å². The molecule has 0 atom stereocenters. The van der Waals surface area contributed by atoms with Gasteiger partial charge in [-0.3, -0.25) is 9.69 Å². The molecule has 0 bridgehead atoms. The van der Waals surface area contributed by atoms with Gasteiger partial charge in [-0.15, -0.1) is 6.42 Å². The van der Waals surface area contributed by atoms with Gasteiger partial charge in [0.05, 0.1) is 12.3 Å². The first kappa shape index (κ1) is 15.0. The van der Waals surface area contributed by atoms with Gasteiger partial charge >= 0.3 is 5.97 Å². The lowest BCUT2D eigenvalue weighted by Crippen LogP contribution is -2.49. The number of piperazine rings is 1. The van der Waals surface area contributed by atoms with E-state index in [1.165, 1.54) is 4.31 Å². The van der Waals surface area contributed by atoms with E-state index in [0.29, 0.717) is 32.7 Å². The van der Waals surface area contributed by atoms with Crippen LogP contribution in [0.4, 0.5) is 0 Å². The van der Waals surface area contributed by atoms with Gasteiger partial charge in [-0.25, -0.2) is 8.42 Å². The van der Waals surface area contributed by atoms with Gasteiger partial charge in [-0.1, -0.05) is 5.92 Å². The zero-order chi connectivity index (χ0) is 13.6. The van der Waals surface area contributed by atoms with Crippen molar-refractivity contribution in [3.63, 3.8) is 0 Å². The fourth-order valence-corrected chi connectivity index (χ4v) is 3.32. The molecule has 7 heteroatoms. The molecule has 1 aliphatic rings. The first-order valence-electron chi connectivity index (χ1n) is 5.81. The van der Waals surface area contributed by atoms with Crippen molar-refractivity contribution in [3.05, 3.63) is 0 Å². The molecule has 0 spiro atoms. The lowest BCUT2D eigenvalue weighted by atomic mass is 10.3. The molecule has 0 radical (unpaired) electrons. The Morgan fingerprint density at radius 1 is 1.28 bits per heavy atom. The van der Waals surface area contributed by atoms with Crippen LogP contribution >= 0.6 is 0 Å². The molecule has 1 aliphatic heterocycles. The van der Waals surface area contributed by atoms with Gasteiger partial charge in [0.15, 0.2) is 0 Å². The molecule has 0 aromatic rings. The van der Waals surface area contributed by atoms with Crippen LogP contribution in [-0.2, 0) is 14.8 Å². The normalized spacial score (nSPS) is 18.4. The molecule has 1 rings (SSSR count). The van der Waals surface area contributed by atoms with Gasteiger partial charge in [0.1, 0.15) is 0 Å². The molecule has 0 aromatic heterocycles. The average Bonchev–Trinajstić information content (AvgIpc) is 2.29. The first-order chi connectivity index (χ1) is 8.45. The van der Waals surface area contributed by atoms with Crippen molar-refractivity contribution in [1.82, 2.24) is 9.21 Å². The first-order valence-corrected chi connectivity index (χ1v) is 7.42. The fraction of sp³-hybridized carbons (Fsp3) is 0.727. The van der Waals surface area contributed by atoms with Gasteiger partial charge < -0.3 is 5.11 Å². The lowest BCUT2D eigenvalue weighted by Gasteiger charge is -2.32. The van der Waals surface area contributed by atoms with Crippen LogP contribution in [0.5, 0.6) is 0 Å². The second-order valence-electron chi connectivity index (χ2n) is 4.19. The van der Waals surface area contributed by atoms with Gasteiger partial charge in [0.2, 0.25) is 10.0 Å². The monoisotopic (exact) mass is 274 g/mol. The van der Waals surface area contributed by atoms with E-state index in [2.05, 4.69) is 5.92 Å². The van der Waals surface area contributed by atoms with E-state index in [0.717, 1.165) is 0 Å². The van der Waals surface area contributed by atoms with Gasteiger partial charge in [0.25, 0.3) is 0 Å². The Kier molecular flexibility index (Phi) is 5.59. The van der Waals surface area contributed by atoms with Crippen LogP contribution in [0, 0.1) is 12.3 Å². The fourth-order valence-electron chi connectivity index (χ4n) is 1.83. The van der Waals surface area contributed by atoms with E-state index < -0.39 is 16.0 Å². The molecular weight excluding hydrogens is 256 g/mol. The van der Waals surface area contributed by atoms with Crippen molar-refractivity contribution < 1.29 is 18.3 Å². The van der Waals surface area contributed by atoms with Crippen molar-refractivity contribution in [3.8, 4) is 12.3 Å². The highest BCUT2D eigenvalue weighted by atomic mass is 32.2. The second-order valence-corrected chi connectivity index (χ2v) is 6.28. The number of hydrogen-bond acceptors (Lipinski definition) is 4. The summed E-state index contributed by atoms with van der Waals surface area (Å²) < 4.78 is 25.2. The lowest BCUT2D eigenvalue weighted by molar-refractivity contribution is -0.137. The maximum absolute atomic E-state index is 11.9. The molecule has 6 nitrogen and oxygen atoms in total. The number of terminal acetylenes is 1. The number of sulfonamides is 1. The highest BCUT2D eigenvalue weighted by Gasteiger charge is 2.26. The molecule has 1 fully saturated rings. The molecule has 0 aliphatic carbocycles. The molecule has 18 heavy (non-hydrogen) atoms. The zero-order valence-corrected chi connectivity index (χ0v) is 11.0. The molecule has 0 saturated carbocycles. The Morgan fingerprint density at radius 3 is 2.39 bits per heavy atom. The minimum Gasteiger partial charge on any atom is -0.481 e. The summed E-state index contributed by atoms with van der Waals surface area (Å²) in [6.45, 7) is 2.64. The summed E-state index contributed by atoms with van der Waals surface area (Å²) in [5.74, 6) is 1.46. The maximum Gasteiger partial charge on any atom is 0.303 e. The van der Waals surface area contributed by atoms with Crippen LogP contribution in [0.15, 0.2) is 0 Å². The van der Waals surface area contributed by atoms with E-state index >= 15 is 0 Å². The molecule has 102 valence electrons. The number of hydrogen-bond donors (Lipinski definition) is 1. The Hall–Kier alpha value is -1.10. The third-order valence-electron chi connectivity index (χ3n) is 2.83. The number of rotatable bonds is 6. The summed E-state index contributed by atoms with van der Waals surface area (Å²) in [6.07, 6.45) is 5.23. The summed E-state index contributed by atoms with van der Waals surface area (Å²) in [4.78, 5) is 12.4. The Labute approximate surface area is 108 Å². The van der Waals surface area contributed by atoms with Crippen LogP contribution in [-0.4, -0.2) is 67.2 Å². The molecule has 1 heterocycles. The maximum atomic E-state index is 11.9. The van der Waals surface area contributed by atoms with Gasteiger partial charge in [-0.05, 0) is 6.42 Å². The third-order valence-corrected chi connectivity index (χ3v) is 4.79. The topological polar surface area (TPSA) is 77.9 Å². The highest BCUT2D eigenvalue weighted by molar-refractivity contribution is 7.89. The molecule has 0 unspecified atom stereocenters. The summed E-state index contributed by atoms with van der Waals surface area (Å²) in [5, 5.41) is 8.48. The van der Waals surface area contributed by atoms with Gasteiger partial charge in [-0.2, -0.15) is 4.31 Å². The number of nitrogens with zero attached hydrogens (tertiary/aromatic N) is 2. The summed E-state index contributed by atoms with van der Waals surface area (Å²) in [7, 11) is -3.33. The molecule has 0 aromatic carbocycles. The van der Waals surface area contributed by atoms with Crippen molar-refractivity contribution >= 4 is 16.0 Å². The number of carboxylic acid groups (broad SMARTS) is 1. The summed E-state index contributed by atoms with van der Waals surface area (Å²) in [5.41, 5.74) is 0.